The van der Waals surface area contributed by atoms with E-state index in [2.05, 4.69) is 10.6 Å². The molecule has 2 N–H and O–H groups in total. The topological polar surface area (TPSA) is 70.7 Å². The van der Waals surface area contributed by atoms with Crippen molar-refractivity contribution < 1.29 is 14.3 Å². The molecular formula is C22H24ClN3O3. The Hall–Kier alpha value is -2.57. The van der Waals surface area contributed by atoms with Gasteiger partial charge in [-0.05, 0) is 43.2 Å². The molecule has 2 aliphatic rings. The summed E-state index contributed by atoms with van der Waals surface area (Å²) in [5.41, 5.74) is 1.55. The van der Waals surface area contributed by atoms with Crippen LogP contribution in [-0.4, -0.2) is 42.1 Å². The van der Waals surface area contributed by atoms with E-state index in [1.165, 1.54) is 0 Å². The molecule has 0 radical (unpaired) electrons. The van der Waals surface area contributed by atoms with Gasteiger partial charge < -0.3 is 20.3 Å². The van der Waals surface area contributed by atoms with Gasteiger partial charge in [-0.1, -0.05) is 42.6 Å². The Balaban J connectivity index is 1.47. The molecule has 7 heteroatoms. The van der Waals surface area contributed by atoms with E-state index in [4.69, 9.17) is 16.3 Å². The number of nitrogens with zero attached hydrogens (tertiary/aromatic N) is 1. The number of ether oxygens (including phenoxy) is 1. The first-order valence-corrected chi connectivity index (χ1v) is 10.3. The number of urea groups is 1. The van der Waals surface area contributed by atoms with E-state index in [0.717, 1.165) is 25.7 Å². The molecule has 3 amide bonds. The van der Waals surface area contributed by atoms with E-state index in [1.54, 1.807) is 18.2 Å². The number of rotatable bonds is 3. The molecule has 2 atom stereocenters. The van der Waals surface area contributed by atoms with E-state index in [0.29, 0.717) is 35.1 Å². The van der Waals surface area contributed by atoms with Gasteiger partial charge in [0.2, 0.25) is 0 Å². The van der Waals surface area contributed by atoms with Gasteiger partial charge in [0.1, 0.15) is 0 Å². The van der Waals surface area contributed by atoms with Gasteiger partial charge in [0.25, 0.3) is 5.91 Å². The van der Waals surface area contributed by atoms with Crippen LogP contribution in [0.15, 0.2) is 48.5 Å². The second-order valence-electron chi connectivity index (χ2n) is 7.40. The first kappa shape index (κ1) is 19.7. The van der Waals surface area contributed by atoms with Crippen LogP contribution < -0.4 is 10.6 Å². The van der Waals surface area contributed by atoms with Crippen molar-refractivity contribution in [3.05, 3.63) is 59.1 Å². The standard InChI is InChI=1S/C22H24ClN3O3/c23-17-11-10-15(21(27)24-16-6-2-1-3-7-16)14-18(17)25-22(28)26-12-13-29-20-9-5-4-8-19(20)26/h1-3,6-7,10-11,14,19-20H,4-5,8-9,12-13H2,(H,24,27)(H,25,28)/t19-,20+/m0/s1. The molecule has 1 heterocycles. The number of fused-ring (bicyclic) bond motifs is 1. The van der Waals surface area contributed by atoms with Crippen LogP contribution in [0.3, 0.4) is 0 Å². The first-order valence-electron chi connectivity index (χ1n) is 9.97. The molecule has 1 saturated heterocycles. The van der Waals surface area contributed by atoms with Crippen molar-refractivity contribution in [1.82, 2.24) is 4.90 Å². The summed E-state index contributed by atoms with van der Waals surface area (Å²) < 4.78 is 5.84. The zero-order chi connectivity index (χ0) is 20.2. The van der Waals surface area contributed by atoms with Crippen molar-refractivity contribution in [2.45, 2.75) is 37.8 Å². The van der Waals surface area contributed by atoms with Gasteiger partial charge in [0, 0.05) is 17.8 Å². The van der Waals surface area contributed by atoms with Gasteiger partial charge in [0.15, 0.2) is 0 Å². The fourth-order valence-electron chi connectivity index (χ4n) is 4.02. The molecule has 6 nitrogen and oxygen atoms in total. The minimum atomic E-state index is -0.262. The Kier molecular flexibility index (Phi) is 6.02. The van der Waals surface area contributed by atoms with Crippen molar-refractivity contribution in [1.29, 1.82) is 0 Å². The Morgan fingerprint density at radius 1 is 1.03 bits per heavy atom. The van der Waals surface area contributed by atoms with Crippen molar-refractivity contribution in [2.75, 3.05) is 23.8 Å². The average Bonchev–Trinajstić information content (AvgIpc) is 2.75. The van der Waals surface area contributed by atoms with E-state index in [-0.39, 0.29) is 24.1 Å². The summed E-state index contributed by atoms with van der Waals surface area (Å²) in [6.07, 6.45) is 4.29. The maximum Gasteiger partial charge on any atom is 0.322 e. The number of hydrogen-bond donors (Lipinski definition) is 2. The Morgan fingerprint density at radius 3 is 2.66 bits per heavy atom. The quantitative estimate of drug-likeness (QED) is 0.761. The number of carbonyl (C=O) groups excluding carboxylic acids is 2. The predicted molar refractivity (Wildman–Crippen MR) is 114 cm³/mol. The second-order valence-corrected chi connectivity index (χ2v) is 7.81. The third kappa shape index (κ3) is 4.54. The SMILES string of the molecule is O=C(Nc1ccccc1)c1ccc(Cl)c(NC(=O)N2CCO[C@@H]3CCCC[C@@H]32)c1. The molecule has 2 fully saturated rings. The number of anilines is 2. The minimum Gasteiger partial charge on any atom is -0.374 e. The van der Waals surface area contributed by atoms with Crippen LogP contribution in [0.25, 0.3) is 0 Å². The third-order valence-electron chi connectivity index (χ3n) is 5.49. The molecule has 4 rings (SSSR count). The fraction of sp³-hybridized carbons (Fsp3) is 0.364. The molecule has 0 unspecified atom stereocenters. The zero-order valence-corrected chi connectivity index (χ0v) is 16.8. The molecule has 29 heavy (non-hydrogen) atoms. The molecule has 152 valence electrons. The number of halogens is 1. The highest BCUT2D eigenvalue weighted by Crippen LogP contribution is 2.30. The van der Waals surface area contributed by atoms with Gasteiger partial charge >= 0.3 is 6.03 Å². The molecule has 0 spiro atoms. The summed E-state index contributed by atoms with van der Waals surface area (Å²) in [6.45, 7) is 1.10. The lowest BCUT2D eigenvalue weighted by atomic mass is 9.90. The van der Waals surface area contributed by atoms with Gasteiger partial charge in [-0.3, -0.25) is 4.79 Å². The summed E-state index contributed by atoms with van der Waals surface area (Å²) >= 11 is 6.29. The lowest BCUT2D eigenvalue weighted by Crippen LogP contribution is -2.56. The molecule has 1 aliphatic carbocycles. The Labute approximate surface area is 175 Å². The van der Waals surface area contributed by atoms with Gasteiger partial charge in [-0.15, -0.1) is 0 Å². The maximum absolute atomic E-state index is 12.9. The number of para-hydroxylation sites is 1. The number of amides is 3. The summed E-state index contributed by atoms with van der Waals surface area (Å²) in [5, 5.41) is 6.12. The van der Waals surface area contributed by atoms with Crippen LogP contribution in [0.2, 0.25) is 5.02 Å². The molecule has 2 aromatic carbocycles. The lowest BCUT2D eigenvalue weighted by Gasteiger charge is -2.43. The normalized spacial score (nSPS) is 21.2. The molecule has 0 aromatic heterocycles. The van der Waals surface area contributed by atoms with Crippen LogP contribution in [0.1, 0.15) is 36.0 Å². The zero-order valence-electron chi connectivity index (χ0n) is 16.1. The van der Waals surface area contributed by atoms with E-state index in [1.807, 2.05) is 35.2 Å². The molecule has 0 bridgehead atoms. The number of benzene rings is 2. The van der Waals surface area contributed by atoms with Crippen molar-refractivity contribution in [3.63, 3.8) is 0 Å². The van der Waals surface area contributed by atoms with Crippen LogP contribution in [-0.2, 0) is 4.74 Å². The Bertz CT molecular complexity index is 888. The fourth-order valence-corrected chi connectivity index (χ4v) is 4.19. The highest BCUT2D eigenvalue weighted by Gasteiger charge is 2.36. The lowest BCUT2D eigenvalue weighted by molar-refractivity contribution is -0.0694. The maximum atomic E-state index is 12.9. The number of hydrogen-bond acceptors (Lipinski definition) is 3. The smallest absolute Gasteiger partial charge is 0.322 e. The highest BCUT2D eigenvalue weighted by atomic mass is 35.5. The summed E-state index contributed by atoms with van der Waals surface area (Å²) in [6, 6.07) is 14.0. The van der Waals surface area contributed by atoms with Crippen LogP contribution >= 0.6 is 11.6 Å². The average molecular weight is 414 g/mol. The van der Waals surface area contributed by atoms with Crippen molar-refractivity contribution in [2.24, 2.45) is 0 Å². The van der Waals surface area contributed by atoms with Crippen molar-refractivity contribution in [3.8, 4) is 0 Å². The van der Waals surface area contributed by atoms with Crippen molar-refractivity contribution >= 4 is 34.9 Å². The van der Waals surface area contributed by atoms with Gasteiger partial charge in [-0.25, -0.2) is 4.79 Å². The number of morpholine rings is 1. The largest absolute Gasteiger partial charge is 0.374 e. The summed E-state index contributed by atoms with van der Waals surface area (Å²) in [7, 11) is 0. The highest BCUT2D eigenvalue weighted by molar-refractivity contribution is 6.34. The summed E-state index contributed by atoms with van der Waals surface area (Å²) in [4.78, 5) is 27.4. The van der Waals surface area contributed by atoms with Crippen LogP contribution in [0.5, 0.6) is 0 Å². The summed E-state index contributed by atoms with van der Waals surface area (Å²) in [5.74, 6) is -0.262. The van der Waals surface area contributed by atoms with Crippen LogP contribution in [0.4, 0.5) is 16.2 Å². The third-order valence-corrected chi connectivity index (χ3v) is 5.82. The first-order chi connectivity index (χ1) is 14.1. The predicted octanol–water partition coefficient (Wildman–Crippen LogP) is 4.77. The van der Waals surface area contributed by atoms with Crippen LogP contribution in [0, 0.1) is 0 Å². The van der Waals surface area contributed by atoms with E-state index < -0.39 is 0 Å². The van der Waals surface area contributed by atoms with Gasteiger partial charge in [0.05, 0.1) is 29.5 Å². The number of nitrogens with one attached hydrogen (secondary N) is 2. The molecule has 1 aliphatic heterocycles. The number of carbonyl (C=O) groups is 2. The second kappa shape index (κ2) is 8.84. The monoisotopic (exact) mass is 413 g/mol. The van der Waals surface area contributed by atoms with E-state index in [9.17, 15) is 9.59 Å². The van der Waals surface area contributed by atoms with Gasteiger partial charge in [-0.2, -0.15) is 0 Å². The molecule has 2 aromatic rings. The molecular weight excluding hydrogens is 390 g/mol. The minimum absolute atomic E-state index is 0.0980. The Morgan fingerprint density at radius 2 is 1.83 bits per heavy atom. The van der Waals surface area contributed by atoms with E-state index >= 15 is 0 Å². The molecule has 1 saturated carbocycles.